The van der Waals surface area contributed by atoms with Crippen molar-refractivity contribution in [3.05, 3.63) is 48.0 Å². The molecule has 1 aliphatic rings. The summed E-state index contributed by atoms with van der Waals surface area (Å²) in [5.74, 6) is 2.09. The maximum Gasteiger partial charge on any atom is 0.162 e. The van der Waals surface area contributed by atoms with Crippen LogP contribution in [0.25, 0.3) is 6.08 Å². The Morgan fingerprint density at radius 1 is 1.00 bits per heavy atom. The molecule has 1 heterocycles. The third-order valence-corrected chi connectivity index (χ3v) is 3.47. The second-order valence-corrected chi connectivity index (χ2v) is 4.89. The molecule has 0 fully saturated rings. The lowest BCUT2D eigenvalue weighted by atomic mass is 10.1. The predicted molar refractivity (Wildman–Crippen MR) is 87.4 cm³/mol. The summed E-state index contributed by atoms with van der Waals surface area (Å²) in [6.07, 6.45) is 4.08. The number of methoxy groups -OCH3 is 2. The SMILES string of the molecule is COc1cc2c(cc1OC)N(Oc1ccc(N)cc1)CC=C2. The molecule has 0 aliphatic carbocycles. The van der Waals surface area contributed by atoms with E-state index < -0.39 is 0 Å². The number of nitrogen functional groups attached to an aromatic ring is 1. The van der Waals surface area contributed by atoms with Gasteiger partial charge in [0, 0.05) is 17.3 Å². The van der Waals surface area contributed by atoms with Crippen LogP contribution in [0.3, 0.4) is 0 Å². The molecule has 22 heavy (non-hydrogen) atoms. The molecule has 0 spiro atoms. The van der Waals surface area contributed by atoms with Gasteiger partial charge in [-0.1, -0.05) is 12.2 Å². The highest BCUT2D eigenvalue weighted by molar-refractivity contribution is 5.74. The van der Waals surface area contributed by atoms with E-state index in [1.165, 1.54) is 0 Å². The largest absolute Gasteiger partial charge is 0.493 e. The molecule has 3 rings (SSSR count). The Kier molecular flexibility index (Phi) is 3.78. The average molecular weight is 298 g/mol. The molecule has 0 aromatic heterocycles. The van der Waals surface area contributed by atoms with E-state index in [-0.39, 0.29) is 0 Å². The van der Waals surface area contributed by atoms with Crippen LogP contribution in [0.15, 0.2) is 42.5 Å². The maximum absolute atomic E-state index is 5.94. The van der Waals surface area contributed by atoms with Crippen LogP contribution < -0.4 is 25.1 Å². The highest BCUT2D eigenvalue weighted by Gasteiger charge is 2.19. The fourth-order valence-electron chi connectivity index (χ4n) is 2.35. The van der Waals surface area contributed by atoms with Crippen molar-refractivity contribution in [2.75, 3.05) is 31.6 Å². The van der Waals surface area contributed by atoms with Gasteiger partial charge in [0.2, 0.25) is 0 Å². The number of hydrogen-bond donors (Lipinski definition) is 1. The molecule has 2 aromatic carbocycles. The van der Waals surface area contributed by atoms with Crippen LogP contribution in [0.1, 0.15) is 5.56 Å². The number of nitrogens with zero attached hydrogens (tertiary/aromatic N) is 1. The Labute approximate surface area is 129 Å². The molecule has 114 valence electrons. The number of rotatable bonds is 4. The minimum atomic E-state index is 0.646. The molecule has 0 saturated carbocycles. The second-order valence-electron chi connectivity index (χ2n) is 4.89. The Bertz CT molecular complexity index is 696. The van der Waals surface area contributed by atoms with Crippen molar-refractivity contribution in [2.24, 2.45) is 0 Å². The fourth-order valence-corrected chi connectivity index (χ4v) is 2.35. The number of hydrogen-bond acceptors (Lipinski definition) is 5. The summed E-state index contributed by atoms with van der Waals surface area (Å²) in [6, 6.07) is 11.1. The van der Waals surface area contributed by atoms with Crippen LogP contribution >= 0.6 is 0 Å². The highest BCUT2D eigenvalue weighted by Crippen LogP contribution is 2.37. The van der Waals surface area contributed by atoms with Gasteiger partial charge in [-0.25, -0.2) is 5.06 Å². The minimum Gasteiger partial charge on any atom is -0.493 e. The quantitative estimate of drug-likeness (QED) is 0.879. The van der Waals surface area contributed by atoms with E-state index in [9.17, 15) is 0 Å². The molecule has 5 heteroatoms. The van der Waals surface area contributed by atoms with Crippen molar-refractivity contribution in [1.29, 1.82) is 0 Å². The molecule has 0 radical (unpaired) electrons. The van der Waals surface area contributed by atoms with Gasteiger partial charge in [0.05, 0.1) is 26.5 Å². The maximum atomic E-state index is 5.94. The summed E-state index contributed by atoms with van der Waals surface area (Å²) < 4.78 is 10.7. The number of benzene rings is 2. The van der Waals surface area contributed by atoms with Gasteiger partial charge < -0.3 is 20.0 Å². The summed E-state index contributed by atoms with van der Waals surface area (Å²) >= 11 is 0. The summed E-state index contributed by atoms with van der Waals surface area (Å²) in [6.45, 7) is 0.646. The Hall–Kier alpha value is -2.82. The smallest absolute Gasteiger partial charge is 0.162 e. The van der Waals surface area contributed by atoms with Crippen LogP contribution in [0, 0.1) is 0 Å². The number of fused-ring (bicyclic) bond motifs is 1. The van der Waals surface area contributed by atoms with Crippen molar-refractivity contribution >= 4 is 17.5 Å². The lowest BCUT2D eigenvalue weighted by molar-refractivity contribution is 0.288. The van der Waals surface area contributed by atoms with Crippen LogP contribution in [0.2, 0.25) is 0 Å². The van der Waals surface area contributed by atoms with Gasteiger partial charge in [-0.2, -0.15) is 0 Å². The lowest BCUT2D eigenvalue weighted by Gasteiger charge is -2.28. The highest BCUT2D eigenvalue weighted by atomic mass is 16.7. The summed E-state index contributed by atoms with van der Waals surface area (Å²) in [4.78, 5) is 5.94. The zero-order chi connectivity index (χ0) is 15.5. The predicted octanol–water partition coefficient (Wildman–Crippen LogP) is 3.11. The van der Waals surface area contributed by atoms with Crippen molar-refractivity contribution in [2.45, 2.75) is 0 Å². The molecule has 2 N–H and O–H groups in total. The zero-order valence-corrected chi connectivity index (χ0v) is 12.6. The van der Waals surface area contributed by atoms with Crippen LogP contribution in [-0.2, 0) is 0 Å². The monoisotopic (exact) mass is 298 g/mol. The van der Waals surface area contributed by atoms with E-state index in [2.05, 4.69) is 0 Å². The first-order chi connectivity index (χ1) is 10.7. The molecule has 0 unspecified atom stereocenters. The lowest BCUT2D eigenvalue weighted by Crippen LogP contribution is -2.29. The molecule has 0 atom stereocenters. The van der Waals surface area contributed by atoms with Gasteiger partial charge in [0.25, 0.3) is 0 Å². The molecule has 0 saturated heterocycles. The molecular formula is C17H18N2O3. The van der Waals surface area contributed by atoms with E-state index in [1.807, 2.05) is 53.6 Å². The van der Waals surface area contributed by atoms with Crippen molar-refractivity contribution < 1.29 is 14.3 Å². The zero-order valence-electron chi connectivity index (χ0n) is 12.6. The normalized spacial score (nSPS) is 12.7. The van der Waals surface area contributed by atoms with Crippen LogP contribution in [-0.4, -0.2) is 20.8 Å². The Morgan fingerprint density at radius 3 is 2.36 bits per heavy atom. The average Bonchev–Trinajstić information content (AvgIpc) is 2.56. The van der Waals surface area contributed by atoms with Gasteiger partial charge >= 0.3 is 0 Å². The van der Waals surface area contributed by atoms with Gasteiger partial charge in [0.1, 0.15) is 0 Å². The number of anilines is 2. The fraction of sp³-hybridized carbons (Fsp3) is 0.176. The third kappa shape index (κ3) is 2.65. The summed E-state index contributed by atoms with van der Waals surface area (Å²) in [5, 5.41) is 1.81. The van der Waals surface area contributed by atoms with Crippen LogP contribution in [0.5, 0.6) is 17.2 Å². The van der Waals surface area contributed by atoms with Gasteiger partial charge in [-0.15, -0.1) is 0 Å². The first kappa shape index (κ1) is 14.1. The molecular weight excluding hydrogens is 280 g/mol. The van der Waals surface area contributed by atoms with Crippen molar-refractivity contribution in [3.63, 3.8) is 0 Å². The minimum absolute atomic E-state index is 0.646. The Morgan fingerprint density at radius 2 is 1.68 bits per heavy atom. The summed E-state index contributed by atoms with van der Waals surface area (Å²) in [5.41, 5.74) is 8.34. The molecule has 2 aromatic rings. The third-order valence-electron chi connectivity index (χ3n) is 3.47. The van der Waals surface area contributed by atoms with Gasteiger partial charge in [0.15, 0.2) is 17.2 Å². The Balaban J connectivity index is 1.93. The molecule has 1 aliphatic heterocycles. The van der Waals surface area contributed by atoms with Gasteiger partial charge in [-0.3, -0.25) is 0 Å². The standard InChI is InChI=1S/C17H18N2O3/c1-20-16-10-12-4-3-9-19(15(12)11-17(16)21-2)22-14-7-5-13(18)6-8-14/h3-8,10-11H,9,18H2,1-2H3. The van der Waals surface area contributed by atoms with E-state index in [0.717, 1.165) is 17.0 Å². The molecule has 0 bridgehead atoms. The van der Waals surface area contributed by atoms with Crippen molar-refractivity contribution in [3.8, 4) is 17.2 Å². The number of ether oxygens (including phenoxy) is 2. The number of nitrogens with two attached hydrogens (primary N) is 1. The van der Waals surface area contributed by atoms with E-state index in [4.69, 9.17) is 20.0 Å². The first-order valence-corrected chi connectivity index (χ1v) is 6.95. The second kappa shape index (κ2) is 5.89. The number of hydroxylamine groups is 1. The van der Waals surface area contributed by atoms with Gasteiger partial charge in [-0.05, 0) is 30.3 Å². The topological polar surface area (TPSA) is 57.0 Å². The van der Waals surface area contributed by atoms with E-state index in [0.29, 0.717) is 23.7 Å². The first-order valence-electron chi connectivity index (χ1n) is 6.95. The van der Waals surface area contributed by atoms with Crippen molar-refractivity contribution in [1.82, 2.24) is 0 Å². The van der Waals surface area contributed by atoms with E-state index >= 15 is 0 Å². The molecule has 5 nitrogen and oxygen atoms in total. The molecule has 0 amide bonds. The van der Waals surface area contributed by atoms with Crippen LogP contribution in [0.4, 0.5) is 11.4 Å². The summed E-state index contributed by atoms with van der Waals surface area (Å²) in [7, 11) is 3.24. The van der Waals surface area contributed by atoms with E-state index in [1.54, 1.807) is 14.2 Å².